The fraction of sp³-hybridized carbons (Fsp3) is 0.357. The van der Waals surface area contributed by atoms with Crippen molar-refractivity contribution in [1.29, 1.82) is 0 Å². The van der Waals surface area contributed by atoms with Gasteiger partial charge in [0.05, 0.1) is 32.0 Å². The second-order valence-corrected chi connectivity index (χ2v) is 8.71. The van der Waals surface area contributed by atoms with Crippen LogP contribution in [0.5, 0.6) is 23.0 Å². The van der Waals surface area contributed by atoms with Gasteiger partial charge < -0.3 is 29.2 Å². The molecule has 0 radical (unpaired) electrons. The Hall–Kier alpha value is -3.22. The lowest BCUT2D eigenvalue weighted by atomic mass is 9.71. The zero-order valence-corrected chi connectivity index (χ0v) is 19.7. The van der Waals surface area contributed by atoms with Crippen LogP contribution < -0.4 is 18.9 Å². The van der Waals surface area contributed by atoms with Crippen LogP contribution in [0.1, 0.15) is 42.9 Å². The molecule has 6 nitrogen and oxygen atoms in total. The summed E-state index contributed by atoms with van der Waals surface area (Å²) >= 11 is 0. The fourth-order valence-electron chi connectivity index (χ4n) is 5.66. The molecule has 0 bridgehead atoms. The smallest absolute Gasteiger partial charge is 0.176 e. The van der Waals surface area contributed by atoms with E-state index in [1.165, 1.54) is 0 Å². The van der Waals surface area contributed by atoms with E-state index in [2.05, 4.69) is 0 Å². The van der Waals surface area contributed by atoms with Crippen LogP contribution in [0.2, 0.25) is 0 Å². The molecule has 1 heterocycles. The van der Waals surface area contributed by atoms with Gasteiger partial charge in [-0.25, -0.2) is 0 Å². The van der Waals surface area contributed by atoms with Crippen LogP contribution in [-0.4, -0.2) is 36.6 Å². The van der Waals surface area contributed by atoms with Gasteiger partial charge in [-0.1, -0.05) is 42.5 Å². The van der Waals surface area contributed by atoms with E-state index in [-0.39, 0.29) is 5.92 Å². The zero-order chi connectivity index (χ0) is 23.9. The first-order valence-electron chi connectivity index (χ1n) is 11.7. The maximum Gasteiger partial charge on any atom is 0.176 e. The monoisotopic (exact) mass is 462 g/mol. The van der Waals surface area contributed by atoms with Gasteiger partial charge in [0, 0.05) is 18.1 Å². The van der Waals surface area contributed by atoms with Gasteiger partial charge >= 0.3 is 0 Å². The van der Waals surface area contributed by atoms with Crippen LogP contribution in [0.15, 0.2) is 66.7 Å². The molecule has 0 amide bonds. The summed E-state index contributed by atoms with van der Waals surface area (Å²) in [5, 5.41) is 24.0. The van der Waals surface area contributed by atoms with Crippen molar-refractivity contribution in [2.75, 3.05) is 20.3 Å². The third-order valence-corrected chi connectivity index (χ3v) is 7.02. The Labute approximate surface area is 199 Å². The summed E-state index contributed by atoms with van der Waals surface area (Å²) in [6.07, 6.45) is -0.761. The average Bonchev–Trinajstić information content (AvgIpc) is 3.25. The lowest BCUT2D eigenvalue weighted by Gasteiger charge is -2.40. The number of rotatable bonds is 7. The summed E-state index contributed by atoms with van der Waals surface area (Å²) in [4.78, 5) is 0. The quantitative estimate of drug-likeness (QED) is 0.538. The third-order valence-electron chi connectivity index (χ3n) is 7.02. The second kappa shape index (κ2) is 8.53. The predicted octanol–water partition coefficient (Wildman–Crippen LogP) is 4.52. The van der Waals surface area contributed by atoms with Crippen molar-refractivity contribution in [2.24, 2.45) is 0 Å². The summed E-state index contributed by atoms with van der Waals surface area (Å²) in [7, 11) is 1.61. The van der Waals surface area contributed by atoms with Crippen molar-refractivity contribution in [3.63, 3.8) is 0 Å². The summed E-state index contributed by atoms with van der Waals surface area (Å²) in [5.41, 5.74) is -0.840. The summed E-state index contributed by atoms with van der Waals surface area (Å²) in [6, 6.07) is 20.9. The lowest BCUT2D eigenvalue weighted by molar-refractivity contribution is -0.150. The molecule has 3 aromatic rings. The second-order valence-electron chi connectivity index (χ2n) is 8.71. The minimum atomic E-state index is -1.74. The van der Waals surface area contributed by atoms with Gasteiger partial charge in [0.1, 0.15) is 23.0 Å². The highest BCUT2D eigenvalue weighted by Gasteiger charge is 2.73. The molecule has 4 atom stereocenters. The molecule has 178 valence electrons. The Morgan fingerprint density at radius 2 is 1.65 bits per heavy atom. The third kappa shape index (κ3) is 3.09. The zero-order valence-electron chi connectivity index (χ0n) is 19.7. The minimum absolute atomic E-state index is 0.320. The van der Waals surface area contributed by atoms with Gasteiger partial charge in [0.25, 0.3) is 0 Å². The molecule has 1 saturated carbocycles. The Balaban J connectivity index is 1.78. The summed E-state index contributed by atoms with van der Waals surface area (Å²) in [6.45, 7) is 4.66. The number of fused-ring (bicyclic) bond motifs is 3. The first-order valence-corrected chi connectivity index (χ1v) is 11.7. The van der Waals surface area contributed by atoms with E-state index in [9.17, 15) is 10.2 Å². The largest absolute Gasteiger partial charge is 0.497 e. The number of ether oxygens (including phenoxy) is 4. The highest BCUT2D eigenvalue weighted by atomic mass is 16.5. The molecule has 3 aromatic carbocycles. The highest BCUT2D eigenvalue weighted by Crippen LogP contribution is 2.68. The summed E-state index contributed by atoms with van der Waals surface area (Å²) in [5.74, 6) is 1.87. The molecular weight excluding hydrogens is 432 g/mol. The van der Waals surface area contributed by atoms with Crippen molar-refractivity contribution in [3.05, 3.63) is 83.4 Å². The van der Waals surface area contributed by atoms with E-state index in [0.717, 1.165) is 11.1 Å². The Morgan fingerprint density at radius 3 is 2.29 bits per heavy atom. The SMILES string of the molecule is CCOc1cc(OCC)c2c(c1)O[C@@]1(c3ccc(OC)cc3)[C@H](c3ccccc3)C[C@H](O)[C@@]21O. The van der Waals surface area contributed by atoms with Crippen LogP contribution >= 0.6 is 0 Å². The van der Waals surface area contributed by atoms with Gasteiger partial charge in [-0.3, -0.25) is 0 Å². The van der Waals surface area contributed by atoms with Crippen molar-refractivity contribution >= 4 is 0 Å². The first kappa shape index (κ1) is 22.6. The molecule has 5 rings (SSSR count). The molecule has 34 heavy (non-hydrogen) atoms. The van der Waals surface area contributed by atoms with Gasteiger partial charge in [-0.2, -0.15) is 0 Å². The van der Waals surface area contributed by atoms with E-state index in [1.807, 2.05) is 68.4 Å². The number of hydrogen-bond donors (Lipinski definition) is 2. The van der Waals surface area contributed by atoms with E-state index in [4.69, 9.17) is 18.9 Å². The molecule has 2 N–H and O–H groups in total. The standard InChI is InChI=1S/C28H30O6/c1-4-32-21-15-23(33-5-2)26-24(16-21)34-28(19-11-13-20(31-3)14-12-19)22(17-25(29)27(26,28)30)18-9-7-6-8-10-18/h6-16,22,25,29-30H,4-5,17H2,1-3H3/t22-,25-,27+,28-/m0/s1. The fourth-order valence-corrected chi connectivity index (χ4v) is 5.66. The lowest BCUT2D eigenvalue weighted by Crippen LogP contribution is -2.52. The molecule has 0 spiro atoms. The van der Waals surface area contributed by atoms with Crippen molar-refractivity contribution < 1.29 is 29.2 Å². The van der Waals surface area contributed by atoms with Gasteiger partial charge in [-0.05, 0) is 43.5 Å². The number of aliphatic hydroxyl groups excluding tert-OH is 1. The predicted molar refractivity (Wildman–Crippen MR) is 128 cm³/mol. The topological polar surface area (TPSA) is 77.4 Å². The van der Waals surface area contributed by atoms with Crippen LogP contribution in [0.4, 0.5) is 0 Å². The first-order chi connectivity index (χ1) is 16.5. The Bertz CT molecular complexity index is 1160. The molecule has 1 aliphatic heterocycles. The van der Waals surface area contributed by atoms with Crippen molar-refractivity contribution in [1.82, 2.24) is 0 Å². The van der Waals surface area contributed by atoms with Crippen molar-refractivity contribution in [2.45, 2.75) is 43.5 Å². The molecule has 1 aliphatic carbocycles. The molecule has 1 fully saturated rings. The molecular formula is C28H30O6. The molecule has 0 unspecified atom stereocenters. The highest BCUT2D eigenvalue weighted by molar-refractivity contribution is 5.62. The average molecular weight is 463 g/mol. The number of methoxy groups -OCH3 is 1. The molecule has 0 aromatic heterocycles. The Kier molecular flexibility index (Phi) is 5.66. The maximum absolute atomic E-state index is 12.5. The molecule has 6 heteroatoms. The van der Waals surface area contributed by atoms with Crippen LogP contribution in [0, 0.1) is 0 Å². The number of aliphatic hydroxyl groups is 2. The van der Waals surface area contributed by atoms with Crippen LogP contribution in [-0.2, 0) is 11.2 Å². The van der Waals surface area contributed by atoms with Crippen LogP contribution in [0.25, 0.3) is 0 Å². The van der Waals surface area contributed by atoms with Gasteiger partial charge in [0.2, 0.25) is 0 Å². The van der Waals surface area contributed by atoms with Crippen molar-refractivity contribution in [3.8, 4) is 23.0 Å². The minimum Gasteiger partial charge on any atom is -0.497 e. The number of hydrogen-bond acceptors (Lipinski definition) is 6. The normalized spacial score (nSPS) is 27.0. The summed E-state index contributed by atoms with van der Waals surface area (Å²) < 4.78 is 23.9. The molecule has 0 saturated heterocycles. The van der Waals surface area contributed by atoms with E-state index < -0.39 is 17.3 Å². The van der Waals surface area contributed by atoms with E-state index in [0.29, 0.717) is 48.2 Å². The Morgan fingerprint density at radius 1 is 0.941 bits per heavy atom. The van der Waals surface area contributed by atoms with Crippen LogP contribution in [0.3, 0.4) is 0 Å². The maximum atomic E-state index is 12.5. The van der Waals surface area contributed by atoms with Gasteiger partial charge in [0.15, 0.2) is 11.2 Å². The van der Waals surface area contributed by atoms with E-state index in [1.54, 1.807) is 19.2 Å². The molecule has 2 aliphatic rings. The van der Waals surface area contributed by atoms with E-state index >= 15 is 0 Å². The number of benzene rings is 3. The van der Waals surface area contributed by atoms with Gasteiger partial charge in [-0.15, -0.1) is 0 Å².